The Hall–Kier alpha value is -2.27. The van der Waals surface area contributed by atoms with E-state index >= 15 is 0 Å². The number of rotatable bonds is 5. The van der Waals surface area contributed by atoms with Crippen LogP contribution in [0.5, 0.6) is 5.75 Å². The number of methoxy groups -OCH3 is 1. The molecule has 0 spiro atoms. The molecule has 0 fully saturated rings. The zero-order valence-electron chi connectivity index (χ0n) is 14.8. The van der Waals surface area contributed by atoms with E-state index in [0.717, 1.165) is 16.1 Å². The Balaban J connectivity index is 1.89. The molecule has 0 atom stereocenters. The molecule has 0 aliphatic carbocycles. The monoisotopic (exact) mass is 423 g/mol. The van der Waals surface area contributed by atoms with Crippen LogP contribution in [0.4, 0.5) is 5.13 Å². The van der Waals surface area contributed by atoms with E-state index in [1.807, 2.05) is 19.2 Å². The van der Waals surface area contributed by atoms with Crippen LogP contribution in [0.2, 0.25) is 0 Å². The Labute approximate surface area is 164 Å². The van der Waals surface area contributed by atoms with Gasteiger partial charge in [0, 0.05) is 20.7 Å². The molecule has 0 aliphatic heterocycles. The fraction of sp³-hybridized carbons (Fsp3) is 0.176. The lowest BCUT2D eigenvalue weighted by molar-refractivity contribution is 0.102. The molecule has 0 unspecified atom stereocenters. The molecule has 2 aromatic heterocycles. The maximum absolute atomic E-state index is 12.6. The number of carbonyl (C=O) groups is 1. The number of hydrogen-bond donors (Lipinski definition) is 2. The maximum atomic E-state index is 12.6. The van der Waals surface area contributed by atoms with Crippen molar-refractivity contribution in [2.75, 3.05) is 12.4 Å². The van der Waals surface area contributed by atoms with Crippen LogP contribution < -0.4 is 15.2 Å². The second kappa shape index (κ2) is 7.39. The fourth-order valence-corrected chi connectivity index (χ4v) is 4.72. The van der Waals surface area contributed by atoms with Crippen LogP contribution in [0.15, 0.2) is 34.5 Å². The number of hydrogen-bond acceptors (Lipinski definition) is 7. The number of nitrogens with one attached hydrogen (secondary N) is 1. The minimum absolute atomic E-state index is 0.0586. The molecule has 0 saturated carbocycles. The molecular weight excluding hydrogens is 406 g/mol. The number of aryl methyl sites for hydroxylation is 2. The van der Waals surface area contributed by atoms with Gasteiger partial charge in [-0.25, -0.2) is 18.5 Å². The van der Waals surface area contributed by atoms with Crippen molar-refractivity contribution in [2.24, 2.45) is 5.14 Å². The molecule has 7 nitrogen and oxygen atoms in total. The fourth-order valence-electron chi connectivity index (χ4n) is 2.55. The van der Waals surface area contributed by atoms with Crippen LogP contribution in [-0.2, 0) is 10.0 Å². The number of carbonyl (C=O) groups excluding carboxylic acids is 1. The van der Waals surface area contributed by atoms with Crippen LogP contribution in [0.1, 0.15) is 20.1 Å². The van der Waals surface area contributed by atoms with Gasteiger partial charge in [-0.1, -0.05) is 0 Å². The molecule has 0 bridgehead atoms. The summed E-state index contributed by atoms with van der Waals surface area (Å²) in [6.45, 7) is 4.05. The van der Waals surface area contributed by atoms with Crippen molar-refractivity contribution in [1.29, 1.82) is 0 Å². The van der Waals surface area contributed by atoms with Gasteiger partial charge in [0.2, 0.25) is 10.0 Å². The zero-order valence-corrected chi connectivity index (χ0v) is 17.2. The number of aromatic nitrogens is 1. The predicted molar refractivity (Wildman–Crippen MR) is 107 cm³/mol. The first-order valence-corrected chi connectivity index (χ1v) is 11.0. The molecule has 0 aliphatic rings. The van der Waals surface area contributed by atoms with Gasteiger partial charge < -0.3 is 4.74 Å². The molecule has 0 radical (unpaired) electrons. The molecule has 3 aromatic rings. The smallest absolute Gasteiger partial charge is 0.261 e. The molecule has 3 N–H and O–H groups in total. The summed E-state index contributed by atoms with van der Waals surface area (Å²) in [4.78, 5) is 19.3. The predicted octanol–water partition coefficient (Wildman–Crippen LogP) is 3.40. The largest absolute Gasteiger partial charge is 0.496 e. The summed E-state index contributed by atoms with van der Waals surface area (Å²) >= 11 is 2.97. The number of anilines is 1. The molecule has 142 valence electrons. The quantitative estimate of drug-likeness (QED) is 0.653. The average molecular weight is 424 g/mol. The summed E-state index contributed by atoms with van der Waals surface area (Å²) in [5.74, 6) is -0.294. The summed E-state index contributed by atoms with van der Waals surface area (Å²) in [5.41, 5.74) is 1.87. The van der Waals surface area contributed by atoms with E-state index < -0.39 is 15.9 Å². The van der Waals surface area contributed by atoms with E-state index in [9.17, 15) is 13.2 Å². The third-order valence-electron chi connectivity index (χ3n) is 3.79. The third-order valence-corrected chi connectivity index (χ3v) is 6.42. The van der Waals surface area contributed by atoms with E-state index in [0.29, 0.717) is 5.13 Å². The SMILES string of the molecule is COc1ccc(S(N)(=O)=O)cc1C(=O)Nc1nc(-c2cc(C)sc2C)cs1. The van der Waals surface area contributed by atoms with E-state index in [1.54, 1.807) is 11.3 Å². The number of amides is 1. The molecule has 10 heteroatoms. The topological polar surface area (TPSA) is 111 Å². The lowest BCUT2D eigenvalue weighted by atomic mass is 10.2. The highest BCUT2D eigenvalue weighted by atomic mass is 32.2. The molecule has 1 amide bonds. The molecule has 1 aromatic carbocycles. The number of thiazole rings is 1. The van der Waals surface area contributed by atoms with Gasteiger partial charge in [-0.2, -0.15) is 0 Å². The maximum Gasteiger partial charge on any atom is 0.261 e. The minimum atomic E-state index is -3.94. The summed E-state index contributed by atoms with van der Waals surface area (Å²) in [6.07, 6.45) is 0. The highest BCUT2D eigenvalue weighted by Gasteiger charge is 2.19. The second-order valence-corrected chi connectivity index (χ2v) is 9.61. The Morgan fingerprint density at radius 2 is 2.00 bits per heavy atom. The first-order chi connectivity index (χ1) is 12.7. The van der Waals surface area contributed by atoms with Crippen molar-refractivity contribution < 1.29 is 17.9 Å². The van der Waals surface area contributed by atoms with E-state index in [4.69, 9.17) is 9.88 Å². The summed E-state index contributed by atoms with van der Waals surface area (Å²) in [5, 5.41) is 10.1. The highest BCUT2D eigenvalue weighted by molar-refractivity contribution is 7.89. The minimum Gasteiger partial charge on any atom is -0.496 e. The van der Waals surface area contributed by atoms with Crippen LogP contribution >= 0.6 is 22.7 Å². The van der Waals surface area contributed by atoms with Gasteiger partial charge >= 0.3 is 0 Å². The van der Waals surface area contributed by atoms with Gasteiger partial charge in [-0.3, -0.25) is 10.1 Å². The standard InChI is InChI=1S/C17H17N3O4S3/c1-9-6-12(10(2)26-9)14-8-25-17(19-14)20-16(21)13-7-11(27(18,22)23)4-5-15(13)24-3/h4-8H,1-3H3,(H2,18,22,23)(H,19,20,21). The van der Waals surface area contributed by atoms with Crippen molar-refractivity contribution in [1.82, 2.24) is 4.98 Å². The molecule has 0 saturated heterocycles. The van der Waals surface area contributed by atoms with Crippen LogP contribution in [-0.4, -0.2) is 26.4 Å². The molecular formula is C17H17N3O4S3. The first-order valence-electron chi connectivity index (χ1n) is 7.74. The van der Waals surface area contributed by atoms with Gasteiger partial charge in [0.1, 0.15) is 5.75 Å². The van der Waals surface area contributed by atoms with Gasteiger partial charge in [0.15, 0.2) is 5.13 Å². The summed E-state index contributed by atoms with van der Waals surface area (Å²) in [7, 11) is -2.54. The van der Waals surface area contributed by atoms with Crippen LogP contribution in [0.3, 0.4) is 0 Å². The second-order valence-electron chi connectivity index (χ2n) is 5.73. The highest BCUT2D eigenvalue weighted by Crippen LogP contribution is 2.33. The summed E-state index contributed by atoms with van der Waals surface area (Å²) in [6, 6.07) is 5.91. The Morgan fingerprint density at radius 3 is 2.59 bits per heavy atom. The average Bonchev–Trinajstić information content (AvgIpc) is 3.19. The number of ether oxygens (including phenoxy) is 1. The normalized spacial score (nSPS) is 11.4. The van der Waals surface area contributed by atoms with Crippen molar-refractivity contribution >= 4 is 43.7 Å². The molecule has 27 heavy (non-hydrogen) atoms. The van der Waals surface area contributed by atoms with Crippen molar-refractivity contribution in [3.8, 4) is 17.0 Å². The third kappa shape index (κ3) is 4.19. The van der Waals surface area contributed by atoms with Gasteiger partial charge in [-0.05, 0) is 38.1 Å². The Kier molecular flexibility index (Phi) is 5.33. The van der Waals surface area contributed by atoms with E-state index in [1.165, 1.54) is 41.5 Å². The number of primary sulfonamides is 1. The zero-order chi connectivity index (χ0) is 19.8. The molecule has 3 rings (SSSR count). The lowest BCUT2D eigenvalue weighted by Crippen LogP contribution is -2.16. The van der Waals surface area contributed by atoms with Gasteiger partial charge in [0.25, 0.3) is 5.91 Å². The van der Waals surface area contributed by atoms with Crippen molar-refractivity contribution in [3.63, 3.8) is 0 Å². The van der Waals surface area contributed by atoms with Gasteiger partial charge in [-0.15, -0.1) is 22.7 Å². The van der Waals surface area contributed by atoms with Crippen molar-refractivity contribution in [2.45, 2.75) is 18.7 Å². The Bertz CT molecular complexity index is 1120. The number of sulfonamides is 1. The number of thiophene rings is 1. The molecule has 2 heterocycles. The van der Waals surface area contributed by atoms with Crippen molar-refractivity contribution in [3.05, 3.63) is 45.0 Å². The summed E-state index contributed by atoms with van der Waals surface area (Å²) < 4.78 is 28.3. The van der Waals surface area contributed by atoms with E-state index in [-0.39, 0.29) is 16.2 Å². The number of nitrogens with two attached hydrogens (primary N) is 1. The van der Waals surface area contributed by atoms with E-state index in [2.05, 4.69) is 16.4 Å². The van der Waals surface area contributed by atoms with Gasteiger partial charge in [0.05, 0.1) is 23.3 Å². The number of nitrogens with zero attached hydrogens (tertiary/aromatic N) is 1. The van der Waals surface area contributed by atoms with Crippen LogP contribution in [0.25, 0.3) is 11.3 Å². The Morgan fingerprint density at radius 1 is 1.26 bits per heavy atom. The van der Waals surface area contributed by atoms with Crippen LogP contribution in [0, 0.1) is 13.8 Å². The lowest BCUT2D eigenvalue weighted by Gasteiger charge is -2.09. The number of benzene rings is 1. The first kappa shape index (κ1) is 19.5.